The van der Waals surface area contributed by atoms with Crippen LogP contribution in [0.5, 0.6) is 0 Å². The van der Waals surface area contributed by atoms with Crippen molar-refractivity contribution in [3.63, 3.8) is 0 Å². The van der Waals surface area contributed by atoms with E-state index in [2.05, 4.69) is 0 Å². The van der Waals surface area contributed by atoms with Crippen LogP contribution in [0.25, 0.3) is 5.76 Å². The summed E-state index contributed by atoms with van der Waals surface area (Å²) in [6.45, 7) is 3.83. The van der Waals surface area contributed by atoms with E-state index in [-0.39, 0.29) is 16.9 Å². The van der Waals surface area contributed by atoms with Crippen LogP contribution in [0.4, 0.5) is 10.1 Å². The standard InChI is InChI=1S/C26H22FNO3/c1-3-17-12-14-18(15-13-17)24(29)22-23(19-9-5-6-10-20(19)27)28(26(31)25(22)30)21-11-7-4-8-16(21)2/h4-15,23,29H,3H2,1-2H3/b24-22+. The largest absolute Gasteiger partial charge is 0.507 e. The molecule has 0 spiro atoms. The molecule has 1 aliphatic heterocycles. The van der Waals surface area contributed by atoms with E-state index < -0.39 is 23.5 Å². The monoisotopic (exact) mass is 415 g/mol. The molecule has 1 heterocycles. The SMILES string of the molecule is CCc1ccc(/C(O)=C2\C(=O)C(=O)N(c3ccccc3C)C2c2ccccc2F)cc1. The van der Waals surface area contributed by atoms with Crippen LogP contribution in [-0.2, 0) is 16.0 Å². The summed E-state index contributed by atoms with van der Waals surface area (Å²) in [4.78, 5) is 27.5. The maximum Gasteiger partial charge on any atom is 0.300 e. The average molecular weight is 415 g/mol. The number of aliphatic hydroxyl groups is 1. The van der Waals surface area contributed by atoms with E-state index in [9.17, 15) is 19.1 Å². The van der Waals surface area contributed by atoms with Crippen LogP contribution in [0.3, 0.4) is 0 Å². The molecular formula is C26H22FNO3. The van der Waals surface area contributed by atoms with Gasteiger partial charge in [0.15, 0.2) is 0 Å². The van der Waals surface area contributed by atoms with Gasteiger partial charge in [-0.05, 0) is 36.6 Å². The summed E-state index contributed by atoms with van der Waals surface area (Å²) in [7, 11) is 0. The topological polar surface area (TPSA) is 57.6 Å². The number of hydrogen-bond donors (Lipinski definition) is 1. The van der Waals surface area contributed by atoms with Gasteiger partial charge in [0, 0.05) is 16.8 Å². The minimum Gasteiger partial charge on any atom is -0.507 e. The zero-order chi connectivity index (χ0) is 22.1. The number of Topliss-reactive ketones (excluding diaryl/α,β-unsaturated/α-hetero) is 1. The molecule has 1 atom stereocenters. The maximum absolute atomic E-state index is 14.9. The van der Waals surface area contributed by atoms with Crippen molar-refractivity contribution in [1.82, 2.24) is 0 Å². The number of rotatable bonds is 4. The highest BCUT2D eigenvalue weighted by molar-refractivity contribution is 6.51. The van der Waals surface area contributed by atoms with Gasteiger partial charge >= 0.3 is 0 Å². The fraction of sp³-hybridized carbons (Fsp3) is 0.154. The molecule has 1 N–H and O–H groups in total. The number of aliphatic hydroxyl groups excluding tert-OH is 1. The summed E-state index contributed by atoms with van der Waals surface area (Å²) in [5.74, 6) is -2.51. The number of carbonyl (C=O) groups excluding carboxylic acids is 2. The predicted octanol–water partition coefficient (Wildman–Crippen LogP) is 5.32. The Hall–Kier alpha value is -3.73. The number of hydrogen-bond acceptors (Lipinski definition) is 3. The molecule has 3 aromatic rings. The van der Waals surface area contributed by atoms with E-state index in [1.807, 2.05) is 38.1 Å². The van der Waals surface area contributed by atoms with Crippen molar-refractivity contribution in [3.05, 3.63) is 106 Å². The molecule has 0 saturated carbocycles. The summed E-state index contributed by atoms with van der Waals surface area (Å²) >= 11 is 0. The second-order valence-electron chi connectivity index (χ2n) is 7.53. The van der Waals surface area contributed by atoms with E-state index in [1.165, 1.54) is 17.0 Å². The van der Waals surface area contributed by atoms with E-state index in [0.29, 0.717) is 11.3 Å². The maximum atomic E-state index is 14.9. The Morgan fingerprint density at radius 1 is 0.968 bits per heavy atom. The van der Waals surface area contributed by atoms with Crippen LogP contribution in [0.2, 0.25) is 0 Å². The molecule has 1 unspecified atom stereocenters. The Morgan fingerprint density at radius 3 is 2.26 bits per heavy atom. The summed E-state index contributed by atoms with van der Waals surface area (Å²) in [5, 5.41) is 11.1. The first-order chi connectivity index (χ1) is 14.9. The molecule has 4 rings (SSSR count). The van der Waals surface area contributed by atoms with Gasteiger partial charge in [-0.15, -0.1) is 0 Å². The van der Waals surface area contributed by atoms with Crippen LogP contribution >= 0.6 is 0 Å². The van der Waals surface area contributed by atoms with Crippen molar-refractivity contribution < 1.29 is 19.1 Å². The number of nitrogens with zero attached hydrogens (tertiary/aromatic N) is 1. The summed E-state index contributed by atoms with van der Waals surface area (Å²) in [5.41, 5.74) is 2.76. The third kappa shape index (κ3) is 3.52. The molecule has 0 aliphatic carbocycles. The number of anilines is 1. The molecule has 31 heavy (non-hydrogen) atoms. The smallest absolute Gasteiger partial charge is 0.300 e. The summed E-state index contributed by atoms with van der Waals surface area (Å²) < 4.78 is 14.9. The first-order valence-corrected chi connectivity index (χ1v) is 10.1. The van der Waals surface area contributed by atoms with Crippen molar-refractivity contribution in [2.24, 2.45) is 0 Å². The number of amides is 1. The van der Waals surface area contributed by atoms with Crippen LogP contribution in [-0.4, -0.2) is 16.8 Å². The van der Waals surface area contributed by atoms with Crippen molar-refractivity contribution in [3.8, 4) is 0 Å². The predicted molar refractivity (Wildman–Crippen MR) is 118 cm³/mol. The lowest BCUT2D eigenvalue weighted by atomic mass is 9.94. The number of aryl methyl sites for hydroxylation is 2. The third-order valence-electron chi connectivity index (χ3n) is 5.65. The number of benzene rings is 3. The summed E-state index contributed by atoms with van der Waals surface area (Å²) in [6, 6.07) is 19.1. The Labute approximate surface area is 180 Å². The number of halogens is 1. The Balaban J connectivity index is 1.97. The van der Waals surface area contributed by atoms with Crippen LogP contribution in [0, 0.1) is 12.7 Å². The molecular weight excluding hydrogens is 393 g/mol. The molecule has 0 bridgehead atoms. The zero-order valence-corrected chi connectivity index (χ0v) is 17.3. The van der Waals surface area contributed by atoms with Crippen molar-refractivity contribution in [2.75, 3.05) is 4.90 Å². The molecule has 0 radical (unpaired) electrons. The van der Waals surface area contributed by atoms with Gasteiger partial charge in [0.05, 0.1) is 11.6 Å². The highest BCUT2D eigenvalue weighted by atomic mass is 19.1. The van der Waals surface area contributed by atoms with Crippen molar-refractivity contribution in [1.29, 1.82) is 0 Å². The third-order valence-corrected chi connectivity index (χ3v) is 5.65. The molecule has 3 aromatic carbocycles. The zero-order valence-electron chi connectivity index (χ0n) is 17.3. The van der Waals surface area contributed by atoms with Gasteiger partial charge in [-0.1, -0.05) is 67.6 Å². The van der Waals surface area contributed by atoms with Gasteiger partial charge in [-0.3, -0.25) is 14.5 Å². The van der Waals surface area contributed by atoms with Gasteiger partial charge in [-0.2, -0.15) is 0 Å². The Bertz CT molecular complexity index is 1200. The van der Waals surface area contributed by atoms with Gasteiger partial charge < -0.3 is 5.11 Å². The molecule has 1 amide bonds. The second kappa shape index (κ2) is 8.19. The van der Waals surface area contributed by atoms with Gasteiger partial charge in [0.2, 0.25) is 0 Å². The van der Waals surface area contributed by atoms with E-state index in [0.717, 1.165) is 17.5 Å². The first-order valence-electron chi connectivity index (χ1n) is 10.1. The van der Waals surface area contributed by atoms with E-state index in [1.54, 1.807) is 36.4 Å². The molecule has 1 fully saturated rings. The van der Waals surface area contributed by atoms with Crippen molar-refractivity contribution >= 4 is 23.1 Å². The van der Waals surface area contributed by atoms with Crippen LogP contribution in [0.1, 0.15) is 35.2 Å². The lowest BCUT2D eigenvalue weighted by molar-refractivity contribution is -0.132. The minimum atomic E-state index is -1.08. The molecule has 4 nitrogen and oxygen atoms in total. The molecule has 1 saturated heterocycles. The average Bonchev–Trinajstić information content (AvgIpc) is 3.04. The van der Waals surface area contributed by atoms with Crippen LogP contribution in [0.15, 0.2) is 78.4 Å². The van der Waals surface area contributed by atoms with Gasteiger partial charge in [0.25, 0.3) is 11.7 Å². The number of ketones is 1. The van der Waals surface area contributed by atoms with Gasteiger partial charge in [-0.25, -0.2) is 4.39 Å². The molecule has 0 aromatic heterocycles. The Kier molecular flexibility index (Phi) is 5.42. The lowest BCUT2D eigenvalue weighted by Gasteiger charge is -2.27. The normalized spacial score (nSPS) is 17.9. The molecule has 5 heteroatoms. The molecule has 156 valence electrons. The van der Waals surface area contributed by atoms with Gasteiger partial charge in [0.1, 0.15) is 11.6 Å². The summed E-state index contributed by atoms with van der Waals surface area (Å²) in [6.07, 6.45) is 0.827. The number of para-hydroxylation sites is 1. The minimum absolute atomic E-state index is 0.123. The van der Waals surface area contributed by atoms with Crippen LogP contribution < -0.4 is 4.90 Å². The highest BCUT2D eigenvalue weighted by Gasteiger charge is 2.48. The second-order valence-corrected chi connectivity index (χ2v) is 7.53. The molecule has 1 aliphatic rings. The van der Waals surface area contributed by atoms with E-state index in [4.69, 9.17) is 0 Å². The lowest BCUT2D eigenvalue weighted by Crippen LogP contribution is -2.30. The first kappa shape index (κ1) is 20.5. The fourth-order valence-electron chi connectivity index (χ4n) is 3.96. The Morgan fingerprint density at radius 2 is 1.61 bits per heavy atom. The van der Waals surface area contributed by atoms with Crippen molar-refractivity contribution in [2.45, 2.75) is 26.3 Å². The number of carbonyl (C=O) groups is 2. The quantitative estimate of drug-likeness (QED) is 0.356. The van der Waals surface area contributed by atoms with E-state index >= 15 is 0 Å². The highest BCUT2D eigenvalue weighted by Crippen LogP contribution is 2.43. The fourth-order valence-corrected chi connectivity index (χ4v) is 3.96.